The van der Waals surface area contributed by atoms with Crippen molar-refractivity contribution in [2.45, 2.75) is 0 Å². The minimum atomic E-state index is -0.453. The fraction of sp³-hybridized carbons (Fsp3) is 0. The molecule has 2 heterocycles. The highest BCUT2D eigenvalue weighted by Crippen LogP contribution is 2.32. The molecular weight excluding hydrogens is 393 g/mol. The van der Waals surface area contributed by atoms with Crippen molar-refractivity contribution in [2.75, 3.05) is 4.90 Å². The number of thiophene rings is 1. The van der Waals surface area contributed by atoms with Gasteiger partial charge in [0.2, 0.25) is 5.12 Å². The number of nitrogens with zero attached hydrogens (tertiary/aromatic N) is 1. The number of thiocarbonyl (C=S) groups is 1. The van der Waals surface area contributed by atoms with E-state index in [4.69, 9.17) is 35.4 Å². The van der Waals surface area contributed by atoms with Crippen molar-refractivity contribution in [1.29, 1.82) is 0 Å². The number of rotatable bonds is 2. The summed E-state index contributed by atoms with van der Waals surface area (Å²) >= 11 is 19.1. The summed E-state index contributed by atoms with van der Waals surface area (Å²) in [6, 6.07) is 10.2. The minimum Gasteiger partial charge on any atom is -0.281 e. The molecular formula is C15H7Cl2NO2S3. The van der Waals surface area contributed by atoms with Crippen LogP contribution in [0.1, 0.15) is 4.88 Å². The van der Waals surface area contributed by atoms with Crippen LogP contribution < -0.4 is 4.90 Å². The van der Waals surface area contributed by atoms with E-state index in [0.717, 1.165) is 16.6 Å². The van der Waals surface area contributed by atoms with Crippen LogP contribution in [0.5, 0.6) is 0 Å². The Hall–Kier alpha value is -1.18. The number of carbonyl (C=O) groups is 2. The SMILES string of the molecule is O=C1SC(=S)N(c2ccc(Cl)cc2)C(=O)/C1=C/c1ccc(Cl)s1. The van der Waals surface area contributed by atoms with Crippen LogP contribution in [0.25, 0.3) is 6.08 Å². The highest BCUT2D eigenvalue weighted by Gasteiger charge is 2.35. The number of anilines is 1. The molecule has 8 heteroatoms. The fourth-order valence-electron chi connectivity index (χ4n) is 1.95. The quantitative estimate of drug-likeness (QED) is 0.403. The van der Waals surface area contributed by atoms with Gasteiger partial charge in [-0.3, -0.25) is 14.5 Å². The van der Waals surface area contributed by atoms with Crippen molar-refractivity contribution in [3.8, 4) is 0 Å². The topological polar surface area (TPSA) is 37.4 Å². The molecule has 1 amide bonds. The Morgan fingerprint density at radius 2 is 1.74 bits per heavy atom. The van der Waals surface area contributed by atoms with Gasteiger partial charge in [-0.05, 0) is 54.2 Å². The third-order valence-electron chi connectivity index (χ3n) is 2.98. The van der Waals surface area contributed by atoms with E-state index in [2.05, 4.69) is 0 Å². The summed E-state index contributed by atoms with van der Waals surface area (Å²) < 4.78 is 0.786. The average Bonchev–Trinajstić information content (AvgIpc) is 2.91. The van der Waals surface area contributed by atoms with Crippen LogP contribution >= 0.6 is 58.5 Å². The standard InChI is InChI=1S/C15H7Cl2NO2S3/c16-8-1-3-9(4-2-8)18-13(19)11(14(20)23-15(18)21)7-10-5-6-12(17)22-10/h1-7H/b11-7-. The molecule has 0 spiro atoms. The smallest absolute Gasteiger partial charge is 0.268 e. The number of benzene rings is 1. The first-order chi connectivity index (χ1) is 11.0. The predicted octanol–water partition coefficient (Wildman–Crippen LogP) is 5.03. The summed E-state index contributed by atoms with van der Waals surface area (Å²) in [4.78, 5) is 26.9. The van der Waals surface area contributed by atoms with Gasteiger partial charge in [0.25, 0.3) is 5.91 Å². The third kappa shape index (κ3) is 3.51. The number of hydrogen-bond acceptors (Lipinski definition) is 5. The van der Waals surface area contributed by atoms with E-state index in [1.54, 1.807) is 42.5 Å². The molecule has 0 aliphatic carbocycles. The molecule has 0 unspecified atom stereocenters. The predicted molar refractivity (Wildman–Crippen MR) is 101 cm³/mol. The monoisotopic (exact) mass is 399 g/mol. The Morgan fingerprint density at radius 1 is 1.04 bits per heavy atom. The van der Waals surface area contributed by atoms with E-state index in [0.29, 0.717) is 15.0 Å². The maximum Gasteiger partial charge on any atom is 0.268 e. The number of carbonyl (C=O) groups excluding carboxylic acids is 2. The van der Waals surface area contributed by atoms with E-state index in [1.165, 1.54) is 16.2 Å². The lowest BCUT2D eigenvalue weighted by atomic mass is 10.2. The highest BCUT2D eigenvalue weighted by atomic mass is 35.5. The molecule has 2 aromatic rings. The maximum absolute atomic E-state index is 12.7. The van der Waals surface area contributed by atoms with Gasteiger partial charge in [0.05, 0.1) is 15.6 Å². The second-order valence-corrected chi connectivity index (χ2v) is 8.26. The molecule has 116 valence electrons. The van der Waals surface area contributed by atoms with Crippen LogP contribution in [-0.4, -0.2) is 15.3 Å². The number of halogens is 2. The van der Waals surface area contributed by atoms with Crippen LogP contribution in [-0.2, 0) is 9.59 Å². The molecule has 0 saturated carbocycles. The van der Waals surface area contributed by atoms with Gasteiger partial charge in [-0.1, -0.05) is 35.4 Å². The lowest BCUT2D eigenvalue weighted by Gasteiger charge is -2.27. The summed E-state index contributed by atoms with van der Waals surface area (Å²) in [5.41, 5.74) is 0.636. The van der Waals surface area contributed by atoms with Gasteiger partial charge in [0.15, 0.2) is 4.32 Å². The Morgan fingerprint density at radius 3 is 2.35 bits per heavy atom. The second-order valence-electron chi connectivity index (χ2n) is 4.47. The highest BCUT2D eigenvalue weighted by molar-refractivity contribution is 8.33. The molecule has 1 aliphatic rings. The Bertz CT molecular complexity index is 843. The molecule has 23 heavy (non-hydrogen) atoms. The van der Waals surface area contributed by atoms with Crippen molar-refractivity contribution >= 4 is 85.6 Å². The van der Waals surface area contributed by atoms with Crippen LogP contribution in [0.2, 0.25) is 9.36 Å². The molecule has 1 fully saturated rings. The normalized spacial score (nSPS) is 17.2. The van der Waals surface area contributed by atoms with Gasteiger partial charge >= 0.3 is 0 Å². The molecule has 1 saturated heterocycles. The van der Waals surface area contributed by atoms with Crippen molar-refractivity contribution in [3.05, 3.63) is 56.2 Å². The molecule has 0 bridgehead atoms. The lowest BCUT2D eigenvalue weighted by molar-refractivity contribution is -0.117. The zero-order valence-corrected chi connectivity index (χ0v) is 15.2. The number of thioether (sulfide) groups is 1. The van der Waals surface area contributed by atoms with Gasteiger partial charge in [-0.25, -0.2) is 0 Å². The van der Waals surface area contributed by atoms with Crippen molar-refractivity contribution in [2.24, 2.45) is 0 Å². The van der Waals surface area contributed by atoms with E-state index in [9.17, 15) is 9.59 Å². The molecule has 1 aromatic heterocycles. The van der Waals surface area contributed by atoms with Gasteiger partial charge < -0.3 is 0 Å². The summed E-state index contributed by atoms with van der Waals surface area (Å²) in [5, 5.41) is 0.187. The van der Waals surface area contributed by atoms with Crippen LogP contribution in [0.4, 0.5) is 5.69 Å². The molecule has 0 N–H and O–H groups in total. The minimum absolute atomic E-state index is 0.0667. The molecule has 1 aliphatic heterocycles. The van der Waals surface area contributed by atoms with Crippen LogP contribution in [0.3, 0.4) is 0 Å². The summed E-state index contributed by atoms with van der Waals surface area (Å²) in [7, 11) is 0. The second kappa shape index (κ2) is 6.75. The maximum atomic E-state index is 12.7. The molecule has 0 atom stereocenters. The van der Waals surface area contributed by atoms with Gasteiger partial charge in [0.1, 0.15) is 0 Å². The van der Waals surface area contributed by atoms with Crippen LogP contribution in [0, 0.1) is 0 Å². The van der Waals surface area contributed by atoms with Crippen LogP contribution in [0.15, 0.2) is 42.0 Å². The van der Waals surface area contributed by atoms with E-state index in [1.807, 2.05) is 0 Å². The third-order valence-corrected chi connectivity index (χ3v) is 5.61. The van der Waals surface area contributed by atoms with Gasteiger partial charge in [-0.2, -0.15) is 0 Å². The van der Waals surface area contributed by atoms with E-state index >= 15 is 0 Å². The fourth-order valence-corrected chi connectivity index (χ4v) is 4.19. The van der Waals surface area contributed by atoms with Crippen molar-refractivity contribution in [1.82, 2.24) is 0 Å². The molecule has 1 aromatic carbocycles. The summed E-state index contributed by atoms with van der Waals surface area (Å²) in [6.07, 6.45) is 1.54. The summed E-state index contributed by atoms with van der Waals surface area (Å²) in [5.74, 6) is -0.453. The van der Waals surface area contributed by atoms with Crippen molar-refractivity contribution in [3.63, 3.8) is 0 Å². The largest absolute Gasteiger partial charge is 0.281 e. The number of amides is 1. The Kier molecular flexibility index (Phi) is 4.89. The first-order valence-electron chi connectivity index (χ1n) is 6.29. The van der Waals surface area contributed by atoms with Gasteiger partial charge in [0, 0.05) is 9.90 Å². The molecule has 0 radical (unpaired) electrons. The average molecular weight is 400 g/mol. The first-order valence-corrected chi connectivity index (χ1v) is 9.08. The van der Waals surface area contributed by atoms with E-state index in [-0.39, 0.29) is 15.0 Å². The Balaban J connectivity index is 2.00. The zero-order valence-electron chi connectivity index (χ0n) is 11.3. The Labute approximate surface area is 155 Å². The summed E-state index contributed by atoms with van der Waals surface area (Å²) in [6.45, 7) is 0. The van der Waals surface area contributed by atoms with E-state index < -0.39 is 5.91 Å². The lowest BCUT2D eigenvalue weighted by Crippen LogP contribution is -2.41. The van der Waals surface area contributed by atoms with Gasteiger partial charge in [-0.15, -0.1) is 11.3 Å². The van der Waals surface area contributed by atoms with Crippen molar-refractivity contribution < 1.29 is 9.59 Å². The first kappa shape index (κ1) is 16.7. The zero-order chi connectivity index (χ0) is 16.6. The molecule has 3 nitrogen and oxygen atoms in total. The number of hydrogen-bond donors (Lipinski definition) is 0. The molecule has 3 rings (SSSR count).